The summed E-state index contributed by atoms with van der Waals surface area (Å²) in [4.78, 5) is 14.7. The maximum Gasteiger partial charge on any atom is 0.224 e. The van der Waals surface area contributed by atoms with Crippen molar-refractivity contribution in [1.29, 1.82) is 0 Å². The summed E-state index contributed by atoms with van der Waals surface area (Å²) in [7, 11) is 0. The number of terminal acetylenes is 1. The third-order valence-electron chi connectivity index (χ3n) is 4.93. The van der Waals surface area contributed by atoms with Crippen molar-refractivity contribution in [2.45, 2.75) is 50.6 Å². The molecule has 132 valence electrons. The molecule has 0 saturated carbocycles. The van der Waals surface area contributed by atoms with Crippen molar-refractivity contribution in [3.05, 3.63) is 29.8 Å². The molecule has 2 aliphatic rings. The lowest BCUT2D eigenvalue weighted by Crippen LogP contribution is -2.22. The number of hydrogen-bond acceptors (Lipinski definition) is 4. The van der Waals surface area contributed by atoms with Crippen LogP contribution in [0.15, 0.2) is 34.5 Å². The lowest BCUT2D eigenvalue weighted by atomic mass is 10.0. The van der Waals surface area contributed by atoms with E-state index in [-0.39, 0.29) is 11.6 Å². The summed E-state index contributed by atoms with van der Waals surface area (Å²) >= 11 is 0. The number of likely N-dealkylation sites (tertiary alicyclic amines) is 1. The molecule has 1 aromatic rings. The van der Waals surface area contributed by atoms with Crippen LogP contribution in [0.4, 0.5) is 5.69 Å². The number of carbonyl (C=O) groups is 1. The second-order valence-corrected chi connectivity index (χ2v) is 6.93. The van der Waals surface area contributed by atoms with E-state index in [0.29, 0.717) is 19.3 Å². The summed E-state index contributed by atoms with van der Waals surface area (Å²) < 4.78 is 0. The van der Waals surface area contributed by atoms with Crippen LogP contribution in [-0.2, 0) is 11.2 Å². The van der Waals surface area contributed by atoms with Crippen molar-refractivity contribution >= 4 is 11.6 Å². The molecule has 1 N–H and O–H groups in total. The second-order valence-electron chi connectivity index (χ2n) is 6.93. The van der Waals surface area contributed by atoms with Gasteiger partial charge in [0.1, 0.15) is 0 Å². The SMILES string of the molecule is C#CCCC1(CCC(=O)Nc2cccc(CCN3CCCC3)c2)N=N1. The van der Waals surface area contributed by atoms with Gasteiger partial charge in [0.05, 0.1) is 0 Å². The topological polar surface area (TPSA) is 57.1 Å². The van der Waals surface area contributed by atoms with E-state index in [1.807, 2.05) is 12.1 Å². The highest BCUT2D eigenvalue weighted by molar-refractivity contribution is 5.90. The zero-order valence-electron chi connectivity index (χ0n) is 14.7. The van der Waals surface area contributed by atoms with E-state index in [4.69, 9.17) is 6.42 Å². The highest BCUT2D eigenvalue weighted by Gasteiger charge is 2.39. The number of benzene rings is 1. The van der Waals surface area contributed by atoms with Crippen molar-refractivity contribution in [3.63, 3.8) is 0 Å². The van der Waals surface area contributed by atoms with Gasteiger partial charge in [0.2, 0.25) is 5.91 Å². The molecular formula is C20H26N4O. The lowest BCUT2D eigenvalue weighted by Gasteiger charge is -2.14. The van der Waals surface area contributed by atoms with Crippen molar-refractivity contribution in [3.8, 4) is 12.3 Å². The molecule has 0 aromatic heterocycles. The number of nitrogens with one attached hydrogen (secondary N) is 1. The molecule has 3 rings (SSSR count). The smallest absolute Gasteiger partial charge is 0.224 e. The molecule has 0 unspecified atom stereocenters. The first-order chi connectivity index (χ1) is 12.2. The van der Waals surface area contributed by atoms with Crippen molar-refractivity contribution in [1.82, 2.24) is 4.90 Å². The third kappa shape index (κ3) is 5.40. The molecule has 0 radical (unpaired) electrons. The minimum Gasteiger partial charge on any atom is -0.326 e. The standard InChI is InChI=1S/C20H26N4O/c1-2-3-11-20(22-23-20)12-9-19(25)21-18-8-6-7-17(16-18)10-15-24-13-4-5-14-24/h1,6-8,16H,3-5,9-15H2,(H,21,25). The van der Waals surface area contributed by atoms with Gasteiger partial charge in [0.25, 0.3) is 0 Å². The molecular weight excluding hydrogens is 312 g/mol. The van der Waals surface area contributed by atoms with E-state index in [2.05, 4.69) is 38.5 Å². The summed E-state index contributed by atoms with van der Waals surface area (Å²) in [5.74, 6) is 2.61. The van der Waals surface area contributed by atoms with E-state index < -0.39 is 0 Å². The highest BCUT2D eigenvalue weighted by Crippen LogP contribution is 2.37. The quantitative estimate of drug-likeness (QED) is 0.699. The second kappa shape index (κ2) is 8.26. The number of anilines is 1. The van der Waals surface area contributed by atoms with Gasteiger partial charge >= 0.3 is 0 Å². The largest absolute Gasteiger partial charge is 0.326 e. The Hall–Kier alpha value is -2.19. The van der Waals surface area contributed by atoms with Gasteiger partial charge in [0, 0.05) is 37.9 Å². The predicted octanol–water partition coefficient (Wildman–Crippen LogP) is 3.62. The number of carbonyl (C=O) groups excluding carboxylic acids is 1. The van der Waals surface area contributed by atoms with E-state index in [1.54, 1.807) is 0 Å². The van der Waals surface area contributed by atoms with E-state index in [9.17, 15) is 4.79 Å². The van der Waals surface area contributed by atoms with Gasteiger partial charge in [-0.25, -0.2) is 0 Å². The van der Waals surface area contributed by atoms with Crippen LogP contribution >= 0.6 is 0 Å². The van der Waals surface area contributed by atoms with Crippen LogP contribution in [0.3, 0.4) is 0 Å². The van der Waals surface area contributed by atoms with Gasteiger partial charge in [-0.1, -0.05) is 12.1 Å². The maximum absolute atomic E-state index is 12.2. The minimum atomic E-state index is -0.388. The number of nitrogens with zero attached hydrogens (tertiary/aromatic N) is 3. The van der Waals surface area contributed by atoms with Crippen LogP contribution in [0.5, 0.6) is 0 Å². The Morgan fingerprint density at radius 3 is 2.80 bits per heavy atom. The highest BCUT2D eigenvalue weighted by atomic mass is 16.1. The predicted molar refractivity (Wildman–Crippen MR) is 99.3 cm³/mol. The van der Waals surface area contributed by atoms with E-state index >= 15 is 0 Å². The minimum absolute atomic E-state index is 0.00840. The molecule has 1 amide bonds. The lowest BCUT2D eigenvalue weighted by molar-refractivity contribution is -0.116. The Morgan fingerprint density at radius 2 is 2.08 bits per heavy atom. The van der Waals surface area contributed by atoms with Crippen LogP contribution in [0.1, 0.15) is 44.1 Å². The molecule has 0 aliphatic carbocycles. The normalized spacial score (nSPS) is 18.0. The molecule has 0 spiro atoms. The first-order valence-corrected chi connectivity index (χ1v) is 9.18. The van der Waals surface area contributed by atoms with E-state index in [0.717, 1.165) is 25.1 Å². The summed E-state index contributed by atoms with van der Waals surface area (Å²) in [6, 6.07) is 8.16. The van der Waals surface area contributed by atoms with E-state index in [1.165, 1.54) is 31.5 Å². The Labute approximate surface area is 149 Å². The summed E-state index contributed by atoms with van der Waals surface area (Å²) in [5, 5.41) is 11.1. The van der Waals surface area contributed by atoms with Crippen molar-refractivity contribution < 1.29 is 4.79 Å². The molecule has 1 fully saturated rings. The van der Waals surface area contributed by atoms with Crippen LogP contribution in [0, 0.1) is 12.3 Å². The van der Waals surface area contributed by atoms with Crippen LogP contribution in [0.25, 0.3) is 0 Å². The van der Waals surface area contributed by atoms with Gasteiger partial charge in [-0.05, 0) is 50.0 Å². The summed E-state index contributed by atoms with van der Waals surface area (Å²) in [6.07, 6.45) is 11.4. The molecule has 1 aromatic carbocycles. The Balaban J connectivity index is 1.43. The average molecular weight is 338 g/mol. The summed E-state index contributed by atoms with van der Waals surface area (Å²) in [6.45, 7) is 3.53. The summed E-state index contributed by atoms with van der Waals surface area (Å²) in [5.41, 5.74) is 1.75. The number of amides is 1. The fourth-order valence-electron chi connectivity index (χ4n) is 3.30. The van der Waals surface area contributed by atoms with Crippen molar-refractivity contribution in [2.24, 2.45) is 10.2 Å². The van der Waals surface area contributed by atoms with Gasteiger partial charge in [-0.3, -0.25) is 4.79 Å². The van der Waals surface area contributed by atoms with Crippen molar-refractivity contribution in [2.75, 3.05) is 25.0 Å². The first kappa shape index (κ1) is 17.6. The van der Waals surface area contributed by atoms with Gasteiger partial charge in [0.15, 0.2) is 5.66 Å². The molecule has 1 saturated heterocycles. The fraction of sp³-hybridized carbons (Fsp3) is 0.550. The Bertz CT molecular complexity index is 665. The molecule has 5 nitrogen and oxygen atoms in total. The van der Waals surface area contributed by atoms with Crippen LogP contribution < -0.4 is 5.32 Å². The molecule has 5 heteroatoms. The molecule has 0 atom stereocenters. The van der Waals surface area contributed by atoms with Gasteiger partial charge in [-0.2, -0.15) is 10.2 Å². The third-order valence-corrected chi connectivity index (χ3v) is 4.93. The molecule has 2 aliphatic heterocycles. The fourth-order valence-corrected chi connectivity index (χ4v) is 3.30. The van der Waals surface area contributed by atoms with Gasteiger partial charge in [-0.15, -0.1) is 12.3 Å². The molecule has 2 heterocycles. The monoisotopic (exact) mass is 338 g/mol. The zero-order valence-corrected chi connectivity index (χ0v) is 14.7. The zero-order chi connectivity index (χ0) is 17.5. The average Bonchev–Trinajstić information content (AvgIpc) is 3.20. The number of hydrogen-bond donors (Lipinski definition) is 1. The van der Waals surface area contributed by atoms with Crippen LogP contribution in [-0.4, -0.2) is 36.1 Å². The Morgan fingerprint density at radius 1 is 1.28 bits per heavy atom. The maximum atomic E-state index is 12.2. The Kier molecular flexibility index (Phi) is 5.83. The van der Waals surface area contributed by atoms with Crippen LogP contribution in [0.2, 0.25) is 0 Å². The molecule has 0 bridgehead atoms. The first-order valence-electron chi connectivity index (χ1n) is 9.18. The number of rotatable bonds is 9. The van der Waals surface area contributed by atoms with Gasteiger partial charge < -0.3 is 10.2 Å². The molecule has 25 heavy (non-hydrogen) atoms.